The van der Waals surface area contributed by atoms with Crippen LogP contribution in [-0.2, 0) is 9.73 Å². The van der Waals surface area contributed by atoms with Gasteiger partial charge < -0.3 is 15.1 Å². The maximum Gasteiger partial charge on any atom is 0.244 e. The van der Waals surface area contributed by atoms with E-state index in [-0.39, 0.29) is 16.9 Å². The van der Waals surface area contributed by atoms with E-state index in [2.05, 4.69) is 58.7 Å². The van der Waals surface area contributed by atoms with Gasteiger partial charge in [0.15, 0.2) is 17.3 Å². The zero-order chi connectivity index (χ0) is 24.6. The molecule has 35 heavy (non-hydrogen) atoms. The van der Waals surface area contributed by atoms with Gasteiger partial charge in [-0.3, -0.25) is 0 Å². The molecule has 182 valence electrons. The van der Waals surface area contributed by atoms with Crippen LogP contribution < -0.4 is 10.2 Å². The minimum absolute atomic E-state index is 0.167. The number of halogens is 1. The van der Waals surface area contributed by atoms with Crippen molar-refractivity contribution in [2.24, 2.45) is 4.36 Å². The molecular formula is C23H26FN9OS. The highest BCUT2D eigenvalue weighted by Gasteiger charge is 2.17. The minimum atomic E-state index is -2.40. The Hall–Kier alpha value is -3.64. The van der Waals surface area contributed by atoms with E-state index in [1.165, 1.54) is 29.1 Å². The lowest BCUT2D eigenvalue weighted by atomic mass is 10.2. The number of fused-ring (bicyclic) bond motifs is 1. The summed E-state index contributed by atoms with van der Waals surface area (Å²) >= 11 is 0. The predicted octanol–water partition coefficient (Wildman–Crippen LogP) is 3.20. The number of hydrogen-bond acceptors (Lipinski definition) is 9. The normalized spacial score (nSPS) is 14.9. The maximum atomic E-state index is 14.5. The molecule has 1 fully saturated rings. The van der Waals surface area contributed by atoms with Crippen molar-refractivity contribution in [3.05, 3.63) is 54.6 Å². The van der Waals surface area contributed by atoms with Gasteiger partial charge in [0, 0.05) is 66.0 Å². The van der Waals surface area contributed by atoms with Gasteiger partial charge in [-0.25, -0.2) is 14.2 Å². The molecule has 0 amide bonds. The molecule has 4 aromatic rings. The Morgan fingerprint density at radius 3 is 2.49 bits per heavy atom. The summed E-state index contributed by atoms with van der Waals surface area (Å²) in [5.74, 6) is 0.179. The topological polar surface area (TPSA) is 104 Å². The molecule has 0 radical (unpaired) electrons. The summed E-state index contributed by atoms with van der Waals surface area (Å²) in [6.45, 7) is 4.07. The van der Waals surface area contributed by atoms with Gasteiger partial charge in [0.25, 0.3) is 0 Å². The van der Waals surface area contributed by atoms with Crippen molar-refractivity contribution in [1.82, 2.24) is 29.6 Å². The first kappa shape index (κ1) is 23.1. The SMILES string of the molecule is CN1CCN(c2ccc(Nc3ncc4c(F)nn(-c5cccc(N=S(C)(C)=O)n5)c4n3)cc2)CC1. The van der Waals surface area contributed by atoms with Gasteiger partial charge in [0.1, 0.15) is 0 Å². The summed E-state index contributed by atoms with van der Waals surface area (Å²) in [7, 11) is -0.265. The van der Waals surface area contributed by atoms with E-state index in [4.69, 9.17) is 0 Å². The summed E-state index contributed by atoms with van der Waals surface area (Å²) in [5.41, 5.74) is 2.24. The second kappa shape index (κ2) is 9.19. The second-order valence-corrected chi connectivity index (χ2v) is 11.3. The van der Waals surface area contributed by atoms with Crippen LogP contribution in [0.25, 0.3) is 16.9 Å². The van der Waals surface area contributed by atoms with E-state index in [0.717, 1.165) is 31.9 Å². The van der Waals surface area contributed by atoms with Gasteiger partial charge in [0.05, 0.1) is 5.39 Å². The number of nitrogens with zero attached hydrogens (tertiary/aromatic N) is 8. The molecule has 1 aromatic carbocycles. The predicted molar refractivity (Wildman–Crippen MR) is 136 cm³/mol. The number of aromatic nitrogens is 5. The molecule has 4 heterocycles. The van der Waals surface area contributed by atoms with Crippen molar-refractivity contribution in [1.29, 1.82) is 0 Å². The summed E-state index contributed by atoms with van der Waals surface area (Å²) < 4.78 is 32.0. The first-order valence-corrected chi connectivity index (χ1v) is 13.4. The van der Waals surface area contributed by atoms with Crippen molar-refractivity contribution < 1.29 is 8.60 Å². The van der Waals surface area contributed by atoms with Crippen LogP contribution in [0.15, 0.2) is 53.0 Å². The molecule has 0 saturated carbocycles. The van der Waals surface area contributed by atoms with Crippen LogP contribution in [0.3, 0.4) is 0 Å². The Morgan fingerprint density at radius 1 is 1.03 bits per heavy atom. The lowest BCUT2D eigenvalue weighted by Crippen LogP contribution is -2.44. The largest absolute Gasteiger partial charge is 0.369 e. The summed E-state index contributed by atoms with van der Waals surface area (Å²) in [4.78, 5) is 17.8. The fourth-order valence-corrected chi connectivity index (χ4v) is 4.40. The standard InChI is InChI=1S/C23H26FN9OS/c1-31-11-13-32(14-12-31)17-9-7-16(8-10-17)26-23-25-15-18-21(24)29-33(22(18)28-23)20-6-4-5-19(27-20)30-35(2,3)34/h4-10,15H,11-14H2,1-3H3,(H,25,26,28). The Balaban J connectivity index is 1.42. The van der Waals surface area contributed by atoms with E-state index >= 15 is 0 Å². The Labute approximate surface area is 203 Å². The second-order valence-electron chi connectivity index (χ2n) is 8.72. The number of piperazine rings is 1. The summed E-state index contributed by atoms with van der Waals surface area (Å²) in [6, 6.07) is 13.1. The summed E-state index contributed by atoms with van der Waals surface area (Å²) in [6.07, 6.45) is 4.43. The van der Waals surface area contributed by atoms with E-state index in [1.807, 2.05) is 12.1 Å². The third kappa shape index (κ3) is 5.23. The lowest BCUT2D eigenvalue weighted by molar-refractivity contribution is 0.313. The molecular weight excluding hydrogens is 469 g/mol. The number of pyridine rings is 1. The van der Waals surface area contributed by atoms with Crippen LogP contribution in [-0.4, -0.2) is 79.6 Å². The molecule has 0 bridgehead atoms. The van der Waals surface area contributed by atoms with Crippen LogP contribution in [0, 0.1) is 5.95 Å². The van der Waals surface area contributed by atoms with Gasteiger partial charge in [0.2, 0.25) is 11.9 Å². The lowest BCUT2D eigenvalue weighted by Gasteiger charge is -2.34. The van der Waals surface area contributed by atoms with Gasteiger partial charge in [-0.05, 0) is 43.4 Å². The zero-order valence-corrected chi connectivity index (χ0v) is 20.5. The monoisotopic (exact) mass is 495 g/mol. The first-order chi connectivity index (χ1) is 16.7. The fourth-order valence-electron chi connectivity index (χ4n) is 3.84. The van der Waals surface area contributed by atoms with Crippen LogP contribution in [0.4, 0.5) is 27.5 Å². The molecule has 5 rings (SSSR count). The van der Waals surface area contributed by atoms with Crippen molar-refractivity contribution in [3.8, 4) is 5.82 Å². The molecule has 0 unspecified atom stereocenters. The van der Waals surface area contributed by atoms with Crippen LogP contribution in [0.1, 0.15) is 0 Å². The number of likely N-dealkylation sites (N-methyl/N-ethyl adjacent to an activating group) is 1. The molecule has 1 aliphatic rings. The van der Waals surface area contributed by atoms with Crippen LogP contribution >= 0.6 is 0 Å². The molecule has 10 nitrogen and oxygen atoms in total. The van der Waals surface area contributed by atoms with E-state index in [9.17, 15) is 8.60 Å². The van der Waals surface area contributed by atoms with E-state index in [0.29, 0.717) is 11.8 Å². The number of nitrogens with one attached hydrogen (secondary N) is 1. The van der Waals surface area contributed by atoms with Crippen molar-refractivity contribution in [2.45, 2.75) is 0 Å². The average molecular weight is 496 g/mol. The minimum Gasteiger partial charge on any atom is -0.369 e. The van der Waals surface area contributed by atoms with Crippen LogP contribution in [0.5, 0.6) is 0 Å². The molecule has 12 heteroatoms. The quantitative estimate of drug-likeness (QED) is 0.450. The zero-order valence-electron chi connectivity index (χ0n) is 19.7. The van der Waals surface area contributed by atoms with Gasteiger partial charge in [-0.1, -0.05) is 6.07 Å². The molecule has 3 aromatic heterocycles. The average Bonchev–Trinajstić information content (AvgIpc) is 3.15. The van der Waals surface area contributed by atoms with E-state index in [1.54, 1.807) is 18.2 Å². The molecule has 1 aliphatic heterocycles. The number of hydrogen-bond donors (Lipinski definition) is 1. The maximum absolute atomic E-state index is 14.5. The first-order valence-electron chi connectivity index (χ1n) is 11.1. The molecule has 1 saturated heterocycles. The Morgan fingerprint density at radius 2 is 1.77 bits per heavy atom. The van der Waals surface area contributed by atoms with Gasteiger partial charge in [-0.15, -0.1) is 5.10 Å². The highest BCUT2D eigenvalue weighted by atomic mass is 32.2. The number of rotatable bonds is 5. The van der Waals surface area contributed by atoms with E-state index < -0.39 is 15.7 Å². The van der Waals surface area contributed by atoms with Gasteiger partial charge in [-0.2, -0.15) is 18.4 Å². The van der Waals surface area contributed by atoms with Gasteiger partial charge >= 0.3 is 0 Å². The fraction of sp³-hybridized carbons (Fsp3) is 0.304. The highest BCUT2D eigenvalue weighted by Crippen LogP contribution is 2.24. The molecule has 0 aliphatic carbocycles. The molecule has 0 spiro atoms. The highest BCUT2D eigenvalue weighted by molar-refractivity contribution is 7.92. The molecule has 0 atom stereocenters. The third-order valence-corrected chi connectivity index (χ3v) is 6.25. The number of anilines is 3. The van der Waals surface area contributed by atoms with Crippen molar-refractivity contribution in [2.75, 3.05) is 56.0 Å². The smallest absolute Gasteiger partial charge is 0.244 e. The van der Waals surface area contributed by atoms with Crippen molar-refractivity contribution >= 4 is 43.9 Å². The Kier molecular flexibility index (Phi) is 6.07. The van der Waals surface area contributed by atoms with Crippen molar-refractivity contribution in [3.63, 3.8) is 0 Å². The summed E-state index contributed by atoms with van der Waals surface area (Å²) in [5, 5.41) is 7.29. The van der Waals surface area contributed by atoms with Crippen LogP contribution in [0.2, 0.25) is 0 Å². The molecule has 1 N–H and O–H groups in total. The number of benzene rings is 1. The Bertz CT molecular complexity index is 1480. The third-order valence-electron chi connectivity index (χ3n) is 5.62.